The molecular weight excluding hydrogens is 244 g/mol. The second-order valence-corrected chi connectivity index (χ2v) is 3.90. The van der Waals surface area contributed by atoms with Crippen molar-refractivity contribution in [3.8, 4) is 0 Å². The van der Waals surface area contributed by atoms with Gasteiger partial charge in [0, 0.05) is 12.5 Å². The minimum atomic E-state index is -1.20. The maximum Gasteiger partial charge on any atom is 0.299 e. The Labute approximate surface area is 101 Å². The number of Topliss-reactive ketones (excluding diaryl/α,β-unsaturated/α-hetero) is 2. The molecule has 1 aromatic rings. The van der Waals surface area contributed by atoms with Crippen LogP contribution in [0.2, 0.25) is 0 Å². The molecule has 0 unspecified atom stereocenters. The van der Waals surface area contributed by atoms with Crippen LogP contribution in [0.15, 0.2) is 12.1 Å². The van der Waals surface area contributed by atoms with Crippen LogP contribution < -0.4 is 4.90 Å². The monoisotopic (exact) mass is 253 g/mol. The number of halogens is 2. The summed E-state index contributed by atoms with van der Waals surface area (Å²) >= 11 is 0. The number of carbonyl (C=O) groups excluding carboxylic acids is 3. The number of benzene rings is 1. The Kier molecular flexibility index (Phi) is 2.94. The fourth-order valence-corrected chi connectivity index (χ4v) is 1.73. The van der Waals surface area contributed by atoms with Gasteiger partial charge in [0.25, 0.3) is 11.7 Å². The molecule has 94 valence electrons. The van der Waals surface area contributed by atoms with E-state index in [4.69, 9.17) is 0 Å². The standard InChI is InChI=1S/C12H9F2NO3/c1-2-6(16)5-15-10-4-9(14)8(13)3-7(10)11(17)12(15)18/h3-4H,2,5H2,1H3. The highest BCUT2D eigenvalue weighted by Gasteiger charge is 2.37. The second-order valence-electron chi connectivity index (χ2n) is 3.90. The number of anilines is 1. The highest BCUT2D eigenvalue weighted by molar-refractivity contribution is 6.52. The molecule has 0 radical (unpaired) electrons. The minimum Gasteiger partial charge on any atom is -0.298 e. The minimum absolute atomic E-state index is 0.0503. The van der Waals surface area contributed by atoms with Crippen molar-refractivity contribution in [3.63, 3.8) is 0 Å². The summed E-state index contributed by atoms with van der Waals surface area (Å²) in [7, 11) is 0. The molecule has 2 rings (SSSR count). The molecule has 0 N–H and O–H groups in total. The normalized spacial score (nSPS) is 14.1. The Morgan fingerprint density at radius 3 is 2.44 bits per heavy atom. The molecule has 0 spiro atoms. The van der Waals surface area contributed by atoms with Crippen LogP contribution in [0.25, 0.3) is 0 Å². The lowest BCUT2D eigenvalue weighted by Crippen LogP contribution is -2.34. The summed E-state index contributed by atoms with van der Waals surface area (Å²) in [4.78, 5) is 35.4. The summed E-state index contributed by atoms with van der Waals surface area (Å²) in [6, 6.07) is 1.44. The third kappa shape index (κ3) is 1.79. The van der Waals surface area contributed by atoms with E-state index in [0.29, 0.717) is 6.07 Å². The van der Waals surface area contributed by atoms with Crippen molar-refractivity contribution in [2.45, 2.75) is 13.3 Å². The first-order valence-corrected chi connectivity index (χ1v) is 5.32. The van der Waals surface area contributed by atoms with Gasteiger partial charge in [-0.1, -0.05) is 6.92 Å². The van der Waals surface area contributed by atoms with Crippen LogP contribution in [0.5, 0.6) is 0 Å². The number of nitrogens with zero attached hydrogens (tertiary/aromatic N) is 1. The van der Waals surface area contributed by atoms with Crippen LogP contribution in [0.1, 0.15) is 23.7 Å². The summed E-state index contributed by atoms with van der Waals surface area (Å²) in [5.41, 5.74) is -0.256. The zero-order valence-electron chi connectivity index (χ0n) is 9.50. The molecule has 0 aliphatic carbocycles. The number of carbonyl (C=O) groups is 3. The van der Waals surface area contributed by atoms with Crippen molar-refractivity contribution >= 4 is 23.2 Å². The van der Waals surface area contributed by atoms with Crippen LogP contribution in [0.3, 0.4) is 0 Å². The smallest absolute Gasteiger partial charge is 0.298 e. The third-order valence-electron chi connectivity index (χ3n) is 2.74. The molecule has 0 aromatic heterocycles. The van der Waals surface area contributed by atoms with Gasteiger partial charge >= 0.3 is 0 Å². The second kappa shape index (κ2) is 4.29. The maximum absolute atomic E-state index is 13.1. The topological polar surface area (TPSA) is 54.5 Å². The number of hydrogen-bond donors (Lipinski definition) is 0. The van der Waals surface area contributed by atoms with Crippen molar-refractivity contribution < 1.29 is 23.2 Å². The van der Waals surface area contributed by atoms with E-state index in [1.807, 2.05) is 0 Å². The van der Waals surface area contributed by atoms with Gasteiger partial charge in [0.05, 0.1) is 17.8 Å². The van der Waals surface area contributed by atoms with Gasteiger partial charge in [-0.3, -0.25) is 19.3 Å². The van der Waals surface area contributed by atoms with Crippen molar-refractivity contribution in [2.24, 2.45) is 0 Å². The van der Waals surface area contributed by atoms with Gasteiger partial charge in [0.1, 0.15) is 0 Å². The van der Waals surface area contributed by atoms with Gasteiger partial charge in [-0.15, -0.1) is 0 Å². The Bertz CT molecular complexity index is 569. The highest BCUT2D eigenvalue weighted by Crippen LogP contribution is 2.30. The van der Waals surface area contributed by atoms with E-state index in [1.54, 1.807) is 6.92 Å². The number of hydrogen-bond acceptors (Lipinski definition) is 3. The molecule has 0 fully saturated rings. The van der Waals surface area contributed by atoms with Gasteiger partial charge < -0.3 is 0 Å². The van der Waals surface area contributed by atoms with E-state index in [9.17, 15) is 23.2 Å². The fourth-order valence-electron chi connectivity index (χ4n) is 1.73. The lowest BCUT2D eigenvalue weighted by Gasteiger charge is -2.14. The van der Waals surface area contributed by atoms with Gasteiger partial charge in [-0.25, -0.2) is 8.78 Å². The van der Waals surface area contributed by atoms with E-state index >= 15 is 0 Å². The third-order valence-corrected chi connectivity index (χ3v) is 2.74. The lowest BCUT2D eigenvalue weighted by molar-refractivity contribution is -0.120. The van der Waals surface area contributed by atoms with Crippen LogP contribution in [-0.2, 0) is 9.59 Å². The van der Waals surface area contributed by atoms with Gasteiger partial charge in [0.15, 0.2) is 17.4 Å². The molecule has 1 aromatic carbocycles. The molecule has 1 heterocycles. The summed E-state index contributed by atoms with van der Waals surface area (Å²) in [5.74, 6) is -4.48. The fraction of sp³-hybridized carbons (Fsp3) is 0.250. The quantitative estimate of drug-likeness (QED) is 0.766. The van der Waals surface area contributed by atoms with E-state index in [1.165, 1.54) is 0 Å². The SMILES string of the molecule is CCC(=O)CN1C(=O)C(=O)c2cc(F)c(F)cc21. The lowest BCUT2D eigenvalue weighted by atomic mass is 10.1. The Balaban J connectivity index is 2.48. The molecule has 4 nitrogen and oxygen atoms in total. The molecule has 0 atom stereocenters. The van der Waals surface area contributed by atoms with Crippen LogP contribution in [0, 0.1) is 11.6 Å². The molecule has 0 bridgehead atoms. The summed E-state index contributed by atoms with van der Waals surface area (Å²) < 4.78 is 26.1. The Morgan fingerprint density at radius 2 is 1.83 bits per heavy atom. The van der Waals surface area contributed by atoms with Gasteiger partial charge in [-0.2, -0.15) is 0 Å². The molecule has 18 heavy (non-hydrogen) atoms. The number of rotatable bonds is 3. The highest BCUT2D eigenvalue weighted by atomic mass is 19.2. The molecule has 1 amide bonds. The van der Waals surface area contributed by atoms with Crippen molar-refractivity contribution in [1.29, 1.82) is 0 Å². The molecule has 0 saturated carbocycles. The average Bonchev–Trinajstić information content (AvgIpc) is 2.56. The maximum atomic E-state index is 13.1. The van der Waals surface area contributed by atoms with E-state index < -0.39 is 23.3 Å². The molecule has 1 aliphatic heterocycles. The van der Waals surface area contributed by atoms with Crippen LogP contribution in [-0.4, -0.2) is 24.0 Å². The van der Waals surface area contributed by atoms with Gasteiger partial charge in [0.2, 0.25) is 0 Å². The van der Waals surface area contributed by atoms with Crippen LogP contribution >= 0.6 is 0 Å². The first-order chi connectivity index (χ1) is 8.45. The molecular formula is C12H9F2NO3. The Hall–Kier alpha value is -2.11. The van der Waals surface area contributed by atoms with E-state index in [2.05, 4.69) is 0 Å². The summed E-state index contributed by atoms with van der Waals surface area (Å²) in [6.45, 7) is 1.30. The molecule has 1 aliphatic rings. The first kappa shape index (κ1) is 12.3. The zero-order valence-corrected chi connectivity index (χ0v) is 9.50. The summed E-state index contributed by atoms with van der Waals surface area (Å²) in [5, 5.41) is 0. The van der Waals surface area contributed by atoms with Crippen molar-refractivity contribution in [1.82, 2.24) is 0 Å². The number of fused-ring (bicyclic) bond motifs is 1. The predicted molar refractivity (Wildman–Crippen MR) is 58.3 cm³/mol. The van der Waals surface area contributed by atoms with E-state index in [0.717, 1.165) is 11.0 Å². The van der Waals surface area contributed by atoms with Crippen molar-refractivity contribution in [3.05, 3.63) is 29.3 Å². The average molecular weight is 253 g/mol. The molecule has 0 saturated heterocycles. The zero-order chi connectivity index (χ0) is 13.4. The Morgan fingerprint density at radius 1 is 1.22 bits per heavy atom. The van der Waals surface area contributed by atoms with Crippen molar-refractivity contribution in [2.75, 3.05) is 11.4 Å². The van der Waals surface area contributed by atoms with Gasteiger partial charge in [-0.05, 0) is 6.07 Å². The summed E-state index contributed by atoms with van der Waals surface area (Å²) in [6.07, 6.45) is 0.191. The molecule has 6 heteroatoms. The number of amides is 1. The predicted octanol–water partition coefficient (Wildman–Crippen LogP) is 1.47. The largest absolute Gasteiger partial charge is 0.299 e. The van der Waals surface area contributed by atoms with E-state index in [-0.39, 0.29) is 30.0 Å². The first-order valence-electron chi connectivity index (χ1n) is 5.32. The number of ketones is 2. The van der Waals surface area contributed by atoms with Crippen LogP contribution in [0.4, 0.5) is 14.5 Å².